The first kappa shape index (κ1) is 24.3. The number of thioether (sulfide) groups is 1. The lowest BCUT2D eigenvalue weighted by Crippen LogP contribution is -2.56. The first-order valence-electron chi connectivity index (χ1n) is 12.0. The number of benzene rings is 1. The van der Waals surface area contributed by atoms with Gasteiger partial charge in [-0.3, -0.25) is 5.32 Å². The second-order valence-electron chi connectivity index (χ2n) is 9.64. The van der Waals surface area contributed by atoms with Gasteiger partial charge < -0.3 is 10.1 Å². The van der Waals surface area contributed by atoms with Crippen molar-refractivity contribution < 1.29 is 13.2 Å². The number of hydrogen-bond acceptors (Lipinski definition) is 6. The van der Waals surface area contributed by atoms with Gasteiger partial charge in [-0.05, 0) is 73.8 Å². The molecule has 5 nitrogen and oxygen atoms in total. The van der Waals surface area contributed by atoms with Crippen LogP contribution in [0.4, 0.5) is 0 Å². The molecule has 2 aliphatic heterocycles. The average molecular weight is 479 g/mol. The molecule has 2 fully saturated rings. The van der Waals surface area contributed by atoms with Crippen LogP contribution in [0.1, 0.15) is 50.1 Å². The van der Waals surface area contributed by atoms with Crippen LogP contribution in [0, 0.1) is 17.8 Å². The first-order valence-corrected chi connectivity index (χ1v) is 14.9. The van der Waals surface area contributed by atoms with Gasteiger partial charge in [-0.15, -0.1) is 0 Å². The van der Waals surface area contributed by atoms with Crippen LogP contribution in [-0.2, 0) is 14.6 Å². The van der Waals surface area contributed by atoms with E-state index in [1.165, 1.54) is 37.7 Å². The Morgan fingerprint density at radius 2 is 2.00 bits per heavy atom. The Morgan fingerprint density at radius 1 is 1.19 bits per heavy atom. The largest absolute Gasteiger partial charge is 0.384 e. The number of piperidine rings is 1. The maximum Gasteiger partial charge on any atom is 0.175 e. The molecule has 0 spiro atoms. The minimum Gasteiger partial charge on any atom is -0.384 e. The van der Waals surface area contributed by atoms with E-state index in [2.05, 4.69) is 34.5 Å². The summed E-state index contributed by atoms with van der Waals surface area (Å²) < 4.78 is 29.6. The van der Waals surface area contributed by atoms with Gasteiger partial charge in [0.05, 0.1) is 17.7 Å². The standard InChI is InChI=1S/C25H38N2O3S2/c1-30-17-23-22(18-7-4-3-5-8-18)15-24(26-16-20-9-6-14-31-20)27-25(23)19-10-12-21(13-11-19)32(2,28)29/h3-4,10-13,18,20,22-27H,5-9,14-17H2,1-2H3. The van der Waals surface area contributed by atoms with Gasteiger partial charge in [0.15, 0.2) is 9.84 Å². The van der Waals surface area contributed by atoms with Gasteiger partial charge in [0.1, 0.15) is 0 Å². The molecule has 6 unspecified atom stereocenters. The van der Waals surface area contributed by atoms with Gasteiger partial charge in [-0.2, -0.15) is 11.8 Å². The van der Waals surface area contributed by atoms with Crippen molar-refractivity contribution >= 4 is 21.6 Å². The number of hydrogen-bond donors (Lipinski definition) is 2. The molecule has 1 aliphatic carbocycles. The summed E-state index contributed by atoms with van der Waals surface area (Å²) in [7, 11) is -1.40. The van der Waals surface area contributed by atoms with E-state index >= 15 is 0 Å². The third kappa shape index (κ3) is 5.98. The highest BCUT2D eigenvalue weighted by atomic mass is 32.2. The van der Waals surface area contributed by atoms with E-state index in [9.17, 15) is 8.42 Å². The van der Waals surface area contributed by atoms with Gasteiger partial charge in [0.25, 0.3) is 0 Å². The molecular weight excluding hydrogens is 440 g/mol. The van der Waals surface area contributed by atoms with E-state index in [0.29, 0.717) is 29.3 Å². The molecule has 1 aromatic rings. The summed E-state index contributed by atoms with van der Waals surface area (Å²) in [4.78, 5) is 0.377. The number of allylic oxidation sites excluding steroid dienone is 2. The number of rotatable bonds is 8. The Balaban J connectivity index is 1.58. The van der Waals surface area contributed by atoms with Crippen molar-refractivity contribution in [3.8, 4) is 0 Å². The van der Waals surface area contributed by atoms with E-state index < -0.39 is 9.84 Å². The summed E-state index contributed by atoms with van der Waals surface area (Å²) in [6, 6.07) is 7.62. The maximum absolute atomic E-state index is 12.0. The Bertz CT molecular complexity index is 866. The van der Waals surface area contributed by atoms with Crippen LogP contribution in [0.2, 0.25) is 0 Å². The highest BCUT2D eigenvalue weighted by Crippen LogP contribution is 2.43. The summed E-state index contributed by atoms with van der Waals surface area (Å²) in [5, 5.41) is 8.45. The van der Waals surface area contributed by atoms with Crippen LogP contribution >= 0.6 is 11.8 Å². The zero-order valence-electron chi connectivity index (χ0n) is 19.3. The fourth-order valence-corrected chi connectivity index (χ4v) is 7.59. The first-order chi connectivity index (χ1) is 15.5. The molecule has 0 bridgehead atoms. The average Bonchev–Trinajstić information content (AvgIpc) is 3.32. The van der Waals surface area contributed by atoms with Crippen molar-refractivity contribution in [2.45, 2.75) is 60.9 Å². The van der Waals surface area contributed by atoms with Gasteiger partial charge in [-0.1, -0.05) is 24.3 Å². The Morgan fingerprint density at radius 3 is 2.62 bits per heavy atom. The summed E-state index contributed by atoms with van der Waals surface area (Å²) in [5.41, 5.74) is 1.15. The van der Waals surface area contributed by atoms with Crippen molar-refractivity contribution in [3.63, 3.8) is 0 Å². The van der Waals surface area contributed by atoms with E-state index in [0.717, 1.165) is 30.2 Å². The zero-order chi connectivity index (χ0) is 22.6. The van der Waals surface area contributed by atoms with Gasteiger partial charge >= 0.3 is 0 Å². The summed E-state index contributed by atoms with van der Waals surface area (Å²) in [6.07, 6.45) is 13.5. The number of nitrogens with one attached hydrogen (secondary N) is 2. The highest BCUT2D eigenvalue weighted by Gasteiger charge is 2.41. The molecule has 0 saturated carbocycles. The van der Waals surface area contributed by atoms with Crippen LogP contribution in [0.3, 0.4) is 0 Å². The minimum absolute atomic E-state index is 0.141. The third-order valence-corrected chi connectivity index (χ3v) is 9.95. The molecule has 7 heteroatoms. The van der Waals surface area contributed by atoms with Gasteiger partial charge in [0, 0.05) is 37.1 Å². The molecule has 3 aliphatic rings. The molecule has 4 rings (SSSR count). The molecule has 2 saturated heterocycles. The minimum atomic E-state index is -3.20. The Hall–Kier alpha value is -0.860. The van der Waals surface area contributed by atoms with Gasteiger partial charge in [0.2, 0.25) is 0 Å². The molecule has 2 N–H and O–H groups in total. The fraction of sp³-hybridized carbons (Fsp3) is 0.680. The lowest BCUT2D eigenvalue weighted by Gasteiger charge is -2.47. The summed E-state index contributed by atoms with van der Waals surface area (Å²) >= 11 is 2.09. The molecule has 0 radical (unpaired) electrons. The van der Waals surface area contributed by atoms with Crippen LogP contribution in [-0.4, -0.2) is 52.1 Å². The van der Waals surface area contributed by atoms with Crippen molar-refractivity contribution in [2.75, 3.05) is 32.3 Å². The van der Waals surface area contributed by atoms with Crippen molar-refractivity contribution in [2.24, 2.45) is 17.8 Å². The predicted octanol–water partition coefficient (Wildman–Crippen LogP) is 4.17. The van der Waals surface area contributed by atoms with E-state index in [4.69, 9.17) is 4.74 Å². The fourth-order valence-electron chi connectivity index (χ4n) is 5.75. The van der Waals surface area contributed by atoms with E-state index in [1.54, 1.807) is 19.2 Å². The summed E-state index contributed by atoms with van der Waals surface area (Å²) in [5.74, 6) is 2.88. The zero-order valence-corrected chi connectivity index (χ0v) is 21.0. The monoisotopic (exact) mass is 478 g/mol. The van der Waals surface area contributed by atoms with Crippen LogP contribution in [0.15, 0.2) is 41.3 Å². The van der Waals surface area contributed by atoms with Crippen LogP contribution in [0.5, 0.6) is 0 Å². The van der Waals surface area contributed by atoms with Crippen molar-refractivity contribution in [1.82, 2.24) is 10.6 Å². The molecule has 32 heavy (non-hydrogen) atoms. The normalized spacial score (nSPS) is 33.4. The third-order valence-electron chi connectivity index (χ3n) is 7.42. The molecule has 0 aromatic heterocycles. The smallest absolute Gasteiger partial charge is 0.175 e. The molecule has 6 atom stereocenters. The lowest BCUT2D eigenvalue weighted by atomic mass is 9.68. The van der Waals surface area contributed by atoms with E-state index in [-0.39, 0.29) is 12.2 Å². The second-order valence-corrected chi connectivity index (χ2v) is 13.1. The predicted molar refractivity (Wildman–Crippen MR) is 133 cm³/mol. The topological polar surface area (TPSA) is 67.4 Å². The molecule has 178 valence electrons. The molecule has 0 amide bonds. The van der Waals surface area contributed by atoms with E-state index in [1.807, 2.05) is 12.1 Å². The quantitative estimate of drug-likeness (QED) is 0.547. The lowest BCUT2D eigenvalue weighted by molar-refractivity contribution is 0.0221. The van der Waals surface area contributed by atoms with Crippen LogP contribution in [0.25, 0.3) is 0 Å². The van der Waals surface area contributed by atoms with Crippen molar-refractivity contribution in [1.29, 1.82) is 0 Å². The molecular formula is C25H38N2O3S2. The van der Waals surface area contributed by atoms with Crippen LogP contribution < -0.4 is 10.6 Å². The number of methoxy groups -OCH3 is 1. The SMILES string of the molecule is COCC1C(c2ccc(S(C)(=O)=O)cc2)NC(NCC2CCCS2)CC1C1CC=CCC1. The maximum atomic E-state index is 12.0. The number of sulfone groups is 1. The molecule has 1 aromatic carbocycles. The van der Waals surface area contributed by atoms with Crippen molar-refractivity contribution in [3.05, 3.63) is 42.0 Å². The Kier molecular flexibility index (Phi) is 8.38. The van der Waals surface area contributed by atoms with Gasteiger partial charge in [-0.25, -0.2) is 8.42 Å². The summed E-state index contributed by atoms with van der Waals surface area (Å²) in [6.45, 7) is 1.76. The molecule has 2 heterocycles. The Labute approximate surface area is 198 Å². The number of ether oxygens (including phenoxy) is 1. The highest BCUT2D eigenvalue weighted by molar-refractivity contribution is 8.00. The second kappa shape index (κ2) is 11.0.